The number of likely N-dealkylation sites (tertiary alicyclic amines) is 1. The Kier molecular flexibility index (Phi) is 5.22. The Labute approximate surface area is 98.2 Å². The van der Waals surface area contributed by atoms with Gasteiger partial charge in [0.2, 0.25) is 5.91 Å². The molecule has 0 spiro atoms. The number of carbonyl (C=O) groups is 1. The number of hydrogen-bond acceptors (Lipinski definition) is 3. The normalized spacial score (nSPS) is 23.4. The van der Waals surface area contributed by atoms with Gasteiger partial charge in [-0.15, -0.1) is 0 Å². The summed E-state index contributed by atoms with van der Waals surface area (Å²) in [6.45, 7) is 8.57. The zero-order valence-corrected chi connectivity index (χ0v) is 10.6. The first kappa shape index (κ1) is 13.5. The van der Waals surface area contributed by atoms with Crippen LogP contribution in [-0.2, 0) is 4.79 Å². The Hall–Kier alpha value is -0.610. The van der Waals surface area contributed by atoms with Crippen molar-refractivity contribution in [3.05, 3.63) is 0 Å². The van der Waals surface area contributed by atoms with Crippen LogP contribution in [0.25, 0.3) is 0 Å². The number of amides is 1. The predicted octanol–water partition coefficient (Wildman–Crippen LogP) is 0.700. The molecule has 1 fully saturated rings. The number of aliphatic hydroxyl groups is 1. The fraction of sp³-hybridized carbons (Fsp3) is 0.917. The molecule has 1 N–H and O–H groups in total. The highest BCUT2D eigenvalue weighted by Gasteiger charge is 2.32. The van der Waals surface area contributed by atoms with Gasteiger partial charge < -0.3 is 10.0 Å². The minimum Gasteiger partial charge on any atom is -0.395 e. The summed E-state index contributed by atoms with van der Waals surface area (Å²) in [7, 11) is 0. The van der Waals surface area contributed by atoms with E-state index in [1.165, 1.54) is 0 Å². The molecule has 2 unspecified atom stereocenters. The molecule has 94 valence electrons. The van der Waals surface area contributed by atoms with Crippen molar-refractivity contribution in [2.75, 3.05) is 26.2 Å². The molecule has 0 bridgehead atoms. The smallest absolute Gasteiger partial charge is 0.239 e. The van der Waals surface area contributed by atoms with Crippen molar-refractivity contribution in [3.8, 4) is 0 Å². The molecule has 1 saturated heterocycles. The van der Waals surface area contributed by atoms with Crippen LogP contribution in [0.1, 0.15) is 33.6 Å². The molecule has 0 radical (unpaired) electrons. The van der Waals surface area contributed by atoms with E-state index < -0.39 is 0 Å². The van der Waals surface area contributed by atoms with Gasteiger partial charge in [0.05, 0.1) is 12.6 Å². The van der Waals surface area contributed by atoms with Gasteiger partial charge in [0, 0.05) is 19.1 Å². The molecule has 0 aromatic rings. The molecule has 0 saturated carbocycles. The molecule has 4 heteroatoms. The fourth-order valence-electron chi connectivity index (χ4n) is 2.51. The van der Waals surface area contributed by atoms with Crippen LogP contribution >= 0.6 is 0 Å². The van der Waals surface area contributed by atoms with Gasteiger partial charge >= 0.3 is 0 Å². The second kappa shape index (κ2) is 6.21. The Morgan fingerprint density at radius 1 is 1.50 bits per heavy atom. The Morgan fingerprint density at radius 3 is 2.62 bits per heavy atom. The van der Waals surface area contributed by atoms with E-state index in [9.17, 15) is 9.90 Å². The number of nitrogens with zero attached hydrogens (tertiary/aromatic N) is 2. The molecule has 1 rings (SSSR count). The lowest BCUT2D eigenvalue weighted by Gasteiger charge is -2.32. The summed E-state index contributed by atoms with van der Waals surface area (Å²) in [4.78, 5) is 16.2. The van der Waals surface area contributed by atoms with Gasteiger partial charge in [0.15, 0.2) is 0 Å². The predicted molar refractivity (Wildman–Crippen MR) is 64.2 cm³/mol. The highest BCUT2D eigenvalue weighted by atomic mass is 16.3. The largest absolute Gasteiger partial charge is 0.395 e. The third-order valence-corrected chi connectivity index (χ3v) is 3.56. The Bertz CT molecular complexity index is 229. The van der Waals surface area contributed by atoms with E-state index in [4.69, 9.17) is 0 Å². The topological polar surface area (TPSA) is 43.8 Å². The van der Waals surface area contributed by atoms with Crippen LogP contribution in [0, 0.1) is 0 Å². The van der Waals surface area contributed by atoms with Crippen LogP contribution in [0.4, 0.5) is 0 Å². The number of likely N-dealkylation sites (N-methyl/N-ethyl adjacent to an activating group) is 1. The van der Waals surface area contributed by atoms with E-state index in [1.807, 2.05) is 25.7 Å². The van der Waals surface area contributed by atoms with E-state index in [0.717, 1.165) is 32.5 Å². The van der Waals surface area contributed by atoms with Crippen molar-refractivity contribution >= 4 is 5.91 Å². The molecule has 1 heterocycles. The molecule has 1 aliphatic heterocycles. The van der Waals surface area contributed by atoms with Crippen LogP contribution in [-0.4, -0.2) is 59.1 Å². The second-order valence-electron chi connectivity index (χ2n) is 4.40. The van der Waals surface area contributed by atoms with E-state index in [-0.39, 0.29) is 24.6 Å². The van der Waals surface area contributed by atoms with Crippen LogP contribution < -0.4 is 0 Å². The fourth-order valence-corrected chi connectivity index (χ4v) is 2.51. The first-order valence-corrected chi connectivity index (χ1v) is 6.31. The first-order chi connectivity index (χ1) is 7.65. The molecule has 4 nitrogen and oxygen atoms in total. The highest BCUT2D eigenvalue weighted by Crippen LogP contribution is 2.20. The molecule has 0 aromatic carbocycles. The summed E-state index contributed by atoms with van der Waals surface area (Å²) < 4.78 is 0. The minimum absolute atomic E-state index is 0.0976. The van der Waals surface area contributed by atoms with Crippen LogP contribution in [0.5, 0.6) is 0 Å². The number of aliphatic hydroxyl groups excluding tert-OH is 1. The third kappa shape index (κ3) is 2.74. The summed E-state index contributed by atoms with van der Waals surface area (Å²) in [5, 5.41) is 9.25. The van der Waals surface area contributed by atoms with Crippen molar-refractivity contribution in [2.45, 2.75) is 45.7 Å². The zero-order valence-electron chi connectivity index (χ0n) is 10.6. The molecular weight excluding hydrogens is 204 g/mol. The average Bonchev–Trinajstić information content (AvgIpc) is 2.77. The lowest BCUT2D eigenvalue weighted by atomic mass is 10.2. The van der Waals surface area contributed by atoms with Gasteiger partial charge in [-0.2, -0.15) is 0 Å². The van der Waals surface area contributed by atoms with Crippen molar-refractivity contribution in [1.82, 2.24) is 9.80 Å². The van der Waals surface area contributed by atoms with Gasteiger partial charge in [0.25, 0.3) is 0 Å². The molecular formula is C12H24N2O2. The van der Waals surface area contributed by atoms with Crippen molar-refractivity contribution in [1.29, 1.82) is 0 Å². The number of carbonyl (C=O) groups excluding carboxylic acids is 1. The number of hydrogen-bond donors (Lipinski definition) is 1. The van der Waals surface area contributed by atoms with E-state index >= 15 is 0 Å². The first-order valence-electron chi connectivity index (χ1n) is 6.31. The quantitative estimate of drug-likeness (QED) is 0.753. The maximum absolute atomic E-state index is 12.2. The monoisotopic (exact) mass is 228 g/mol. The molecule has 0 aliphatic carbocycles. The van der Waals surface area contributed by atoms with Gasteiger partial charge in [-0.25, -0.2) is 0 Å². The molecule has 1 amide bonds. The van der Waals surface area contributed by atoms with E-state index in [2.05, 4.69) is 4.90 Å². The van der Waals surface area contributed by atoms with Crippen molar-refractivity contribution < 1.29 is 9.90 Å². The van der Waals surface area contributed by atoms with Gasteiger partial charge in [0.1, 0.15) is 0 Å². The van der Waals surface area contributed by atoms with E-state index in [1.54, 1.807) is 0 Å². The van der Waals surface area contributed by atoms with Crippen LogP contribution in [0.2, 0.25) is 0 Å². The molecule has 0 aromatic heterocycles. The standard InChI is InChI=1S/C12H24N2O2/c1-4-13(5-2)12(16)10(3)14-8-6-7-11(14)9-15/h10-11,15H,4-9H2,1-3H3. The van der Waals surface area contributed by atoms with Gasteiger partial charge in [-0.05, 0) is 40.2 Å². The maximum atomic E-state index is 12.2. The lowest BCUT2D eigenvalue weighted by molar-refractivity contribution is -0.136. The molecule has 16 heavy (non-hydrogen) atoms. The number of rotatable bonds is 5. The summed E-state index contributed by atoms with van der Waals surface area (Å²) in [5.74, 6) is 0.186. The zero-order chi connectivity index (χ0) is 12.1. The second-order valence-corrected chi connectivity index (χ2v) is 4.40. The highest BCUT2D eigenvalue weighted by molar-refractivity contribution is 5.81. The summed E-state index contributed by atoms with van der Waals surface area (Å²) in [5.41, 5.74) is 0. The minimum atomic E-state index is -0.0976. The Morgan fingerprint density at radius 2 is 2.12 bits per heavy atom. The maximum Gasteiger partial charge on any atom is 0.239 e. The average molecular weight is 228 g/mol. The summed E-state index contributed by atoms with van der Waals surface area (Å²) in [6.07, 6.45) is 2.09. The SMILES string of the molecule is CCN(CC)C(=O)C(C)N1CCCC1CO. The van der Waals surface area contributed by atoms with Crippen LogP contribution in [0.3, 0.4) is 0 Å². The van der Waals surface area contributed by atoms with Crippen molar-refractivity contribution in [3.63, 3.8) is 0 Å². The summed E-state index contributed by atoms with van der Waals surface area (Å²) in [6, 6.07) is 0.0778. The van der Waals surface area contributed by atoms with Gasteiger partial charge in [-0.3, -0.25) is 9.69 Å². The van der Waals surface area contributed by atoms with Crippen LogP contribution in [0.15, 0.2) is 0 Å². The Balaban J connectivity index is 2.61. The molecule has 1 aliphatic rings. The van der Waals surface area contributed by atoms with Crippen molar-refractivity contribution in [2.24, 2.45) is 0 Å². The third-order valence-electron chi connectivity index (χ3n) is 3.56. The van der Waals surface area contributed by atoms with E-state index in [0.29, 0.717) is 0 Å². The lowest BCUT2D eigenvalue weighted by Crippen LogP contribution is -2.49. The van der Waals surface area contributed by atoms with Gasteiger partial charge in [-0.1, -0.05) is 0 Å². The summed E-state index contributed by atoms with van der Waals surface area (Å²) >= 11 is 0. The molecule has 2 atom stereocenters.